The van der Waals surface area contributed by atoms with Crippen LogP contribution in [0.5, 0.6) is 0 Å². The second-order valence-electron chi connectivity index (χ2n) is 6.15. The number of rotatable bonds is 3. The predicted molar refractivity (Wildman–Crippen MR) is 79.1 cm³/mol. The molecular weight excluding hydrogens is 284 g/mol. The lowest BCUT2D eigenvalue weighted by Crippen LogP contribution is -2.44. The molecule has 22 heavy (non-hydrogen) atoms. The van der Waals surface area contributed by atoms with E-state index in [4.69, 9.17) is 14.9 Å². The monoisotopic (exact) mass is 306 g/mol. The van der Waals surface area contributed by atoms with Crippen molar-refractivity contribution in [3.63, 3.8) is 0 Å². The third-order valence-corrected chi connectivity index (χ3v) is 4.88. The Morgan fingerprint density at radius 1 is 1.27 bits per heavy atom. The zero-order chi connectivity index (χ0) is 15.7. The standard InChI is InChI=1S/C16H22N2O4/c1-10-12(4-8-21-10)16(20)18-6-2-11(3-7-18)14-13(15(17)19)5-9-22-14/h4,8,11,13-14H,2-3,5-7,9H2,1H3,(H2,17,19)/t13-,14+/m0/s1. The molecule has 6 nitrogen and oxygen atoms in total. The molecule has 0 saturated carbocycles. The first-order valence-corrected chi connectivity index (χ1v) is 7.82. The van der Waals surface area contributed by atoms with E-state index in [0.717, 1.165) is 12.8 Å². The average Bonchev–Trinajstić information content (AvgIpc) is 3.15. The molecule has 0 spiro atoms. The lowest BCUT2D eigenvalue weighted by molar-refractivity contribution is -0.124. The van der Waals surface area contributed by atoms with E-state index in [-0.39, 0.29) is 23.8 Å². The number of carbonyl (C=O) groups excluding carboxylic acids is 2. The maximum atomic E-state index is 12.4. The van der Waals surface area contributed by atoms with E-state index in [1.54, 1.807) is 19.3 Å². The number of primary amides is 1. The smallest absolute Gasteiger partial charge is 0.257 e. The molecule has 6 heteroatoms. The number of furan rings is 1. The summed E-state index contributed by atoms with van der Waals surface area (Å²) in [4.78, 5) is 25.8. The second kappa shape index (κ2) is 6.12. The van der Waals surface area contributed by atoms with Crippen LogP contribution < -0.4 is 5.73 Å². The minimum atomic E-state index is -0.268. The summed E-state index contributed by atoms with van der Waals surface area (Å²) in [5.41, 5.74) is 6.09. The Bertz CT molecular complexity index is 560. The molecule has 0 radical (unpaired) electrons. The van der Waals surface area contributed by atoms with Gasteiger partial charge in [0.25, 0.3) is 5.91 Å². The van der Waals surface area contributed by atoms with Gasteiger partial charge in [0.05, 0.1) is 23.8 Å². The fourth-order valence-electron chi connectivity index (χ4n) is 3.59. The van der Waals surface area contributed by atoms with E-state index in [9.17, 15) is 9.59 Å². The number of ether oxygens (including phenoxy) is 1. The van der Waals surface area contributed by atoms with E-state index in [0.29, 0.717) is 43.4 Å². The van der Waals surface area contributed by atoms with Gasteiger partial charge in [0.2, 0.25) is 5.91 Å². The highest BCUT2D eigenvalue weighted by Gasteiger charge is 2.40. The van der Waals surface area contributed by atoms with E-state index in [1.807, 2.05) is 4.90 Å². The molecule has 0 aliphatic carbocycles. The van der Waals surface area contributed by atoms with Crippen molar-refractivity contribution in [2.45, 2.75) is 32.3 Å². The first kappa shape index (κ1) is 15.1. The number of likely N-dealkylation sites (tertiary alicyclic amines) is 1. The predicted octanol–water partition coefficient (Wildman–Crippen LogP) is 1.33. The largest absolute Gasteiger partial charge is 0.469 e. The minimum absolute atomic E-state index is 0.0171. The third-order valence-electron chi connectivity index (χ3n) is 4.88. The summed E-state index contributed by atoms with van der Waals surface area (Å²) < 4.78 is 10.9. The molecule has 3 heterocycles. The maximum Gasteiger partial charge on any atom is 0.257 e. The fraction of sp³-hybridized carbons (Fsp3) is 0.625. The number of hydrogen-bond donors (Lipinski definition) is 1. The number of amides is 2. The topological polar surface area (TPSA) is 85.8 Å². The number of nitrogens with zero attached hydrogens (tertiary/aromatic N) is 1. The van der Waals surface area contributed by atoms with E-state index in [1.165, 1.54) is 0 Å². The average molecular weight is 306 g/mol. The lowest BCUT2D eigenvalue weighted by Gasteiger charge is -2.35. The molecule has 120 valence electrons. The van der Waals surface area contributed by atoms with Crippen molar-refractivity contribution < 1.29 is 18.7 Å². The van der Waals surface area contributed by atoms with Gasteiger partial charge < -0.3 is 19.8 Å². The summed E-state index contributed by atoms with van der Waals surface area (Å²) in [5, 5.41) is 0. The molecule has 0 aromatic carbocycles. The Morgan fingerprint density at radius 2 is 2.00 bits per heavy atom. The summed E-state index contributed by atoms with van der Waals surface area (Å²) in [5.74, 6) is 0.524. The van der Waals surface area contributed by atoms with Gasteiger partial charge in [-0.1, -0.05) is 0 Å². The fourth-order valence-corrected chi connectivity index (χ4v) is 3.59. The van der Waals surface area contributed by atoms with Crippen LogP contribution in [0.25, 0.3) is 0 Å². The summed E-state index contributed by atoms with van der Waals surface area (Å²) in [7, 11) is 0. The first-order valence-electron chi connectivity index (χ1n) is 7.82. The summed E-state index contributed by atoms with van der Waals surface area (Å²) in [6, 6.07) is 1.72. The van der Waals surface area contributed by atoms with E-state index < -0.39 is 0 Å². The first-order chi connectivity index (χ1) is 10.6. The number of carbonyl (C=O) groups is 2. The van der Waals surface area contributed by atoms with Gasteiger partial charge in [0.1, 0.15) is 5.76 Å². The molecule has 2 aliphatic rings. The molecule has 2 N–H and O–H groups in total. The van der Waals surface area contributed by atoms with Crippen molar-refractivity contribution in [1.29, 1.82) is 0 Å². The Morgan fingerprint density at radius 3 is 2.59 bits per heavy atom. The molecule has 0 bridgehead atoms. The van der Waals surface area contributed by atoms with Crippen LogP contribution in [0.4, 0.5) is 0 Å². The second-order valence-corrected chi connectivity index (χ2v) is 6.15. The maximum absolute atomic E-state index is 12.4. The summed E-state index contributed by atoms with van der Waals surface area (Å²) in [6.45, 7) is 3.76. The zero-order valence-corrected chi connectivity index (χ0v) is 12.8. The highest BCUT2D eigenvalue weighted by Crippen LogP contribution is 2.33. The van der Waals surface area contributed by atoms with Crippen LogP contribution in [0.15, 0.2) is 16.7 Å². The van der Waals surface area contributed by atoms with Crippen molar-refractivity contribution in [1.82, 2.24) is 4.90 Å². The Balaban J connectivity index is 1.60. The quantitative estimate of drug-likeness (QED) is 0.913. The van der Waals surface area contributed by atoms with Gasteiger partial charge in [0.15, 0.2) is 0 Å². The Kier molecular flexibility index (Phi) is 4.20. The van der Waals surface area contributed by atoms with Crippen molar-refractivity contribution >= 4 is 11.8 Å². The molecule has 2 amide bonds. The number of aryl methyl sites for hydroxylation is 1. The third kappa shape index (κ3) is 2.75. The van der Waals surface area contributed by atoms with Crippen LogP contribution in [0.3, 0.4) is 0 Å². The van der Waals surface area contributed by atoms with Crippen LogP contribution in [0.2, 0.25) is 0 Å². The summed E-state index contributed by atoms with van der Waals surface area (Å²) in [6.07, 6.45) is 3.87. The van der Waals surface area contributed by atoms with E-state index >= 15 is 0 Å². The van der Waals surface area contributed by atoms with Crippen LogP contribution in [0, 0.1) is 18.8 Å². The zero-order valence-electron chi connectivity index (χ0n) is 12.8. The molecule has 2 atom stereocenters. The molecular formula is C16H22N2O4. The molecule has 2 saturated heterocycles. The van der Waals surface area contributed by atoms with Gasteiger partial charge in [-0.15, -0.1) is 0 Å². The highest BCUT2D eigenvalue weighted by atomic mass is 16.5. The van der Waals surface area contributed by atoms with Crippen LogP contribution in [0.1, 0.15) is 35.4 Å². The van der Waals surface area contributed by atoms with Crippen molar-refractivity contribution in [2.24, 2.45) is 17.6 Å². The summed E-state index contributed by atoms with van der Waals surface area (Å²) >= 11 is 0. The normalized spacial score (nSPS) is 26.3. The Labute approximate surface area is 129 Å². The molecule has 0 unspecified atom stereocenters. The molecule has 1 aromatic heterocycles. The van der Waals surface area contributed by atoms with Crippen LogP contribution in [-0.4, -0.2) is 42.5 Å². The van der Waals surface area contributed by atoms with Crippen molar-refractivity contribution in [3.8, 4) is 0 Å². The number of hydrogen-bond acceptors (Lipinski definition) is 4. The lowest BCUT2D eigenvalue weighted by atomic mass is 9.84. The van der Waals surface area contributed by atoms with Gasteiger partial charge in [-0.05, 0) is 38.2 Å². The SMILES string of the molecule is Cc1occc1C(=O)N1CCC([C@H]2OCC[C@@H]2C(N)=O)CC1. The molecule has 2 aliphatic heterocycles. The van der Waals surface area contributed by atoms with Gasteiger partial charge in [-0.25, -0.2) is 0 Å². The van der Waals surface area contributed by atoms with E-state index in [2.05, 4.69) is 0 Å². The molecule has 3 rings (SSSR count). The molecule has 2 fully saturated rings. The van der Waals surface area contributed by atoms with Gasteiger partial charge in [-0.3, -0.25) is 9.59 Å². The number of piperidine rings is 1. The minimum Gasteiger partial charge on any atom is -0.469 e. The highest BCUT2D eigenvalue weighted by molar-refractivity contribution is 5.95. The Hall–Kier alpha value is -1.82. The molecule has 1 aromatic rings. The van der Waals surface area contributed by atoms with Gasteiger partial charge in [-0.2, -0.15) is 0 Å². The van der Waals surface area contributed by atoms with Crippen molar-refractivity contribution in [2.75, 3.05) is 19.7 Å². The van der Waals surface area contributed by atoms with Crippen LogP contribution >= 0.6 is 0 Å². The van der Waals surface area contributed by atoms with Gasteiger partial charge >= 0.3 is 0 Å². The van der Waals surface area contributed by atoms with Crippen LogP contribution in [-0.2, 0) is 9.53 Å². The number of nitrogens with two attached hydrogens (primary N) is 1. The van der Waals surface area contributed by atoms with Crippen molar-refractivity contribution in [3.05, 3.63) is 23.7 Å². The van der Waals surface area contributed by atoms with Gasteiger partial charge in [0, 0.05) is 19.7 Å².